The number of carbonyl (C=O) groups is 1. The van der Waals surface area contributed by atoms with Crippen LogP contribution in [0.3, 0.4) is 0 Å². The molecule has 0 radical (unpaired) electrons. The van der Waals surface area contributed by atoms with Crippen molar-refractivity contribution in [2.75, 3.05) is 0 Å². The lowest BCUT2D eigenvalue weighted by Crippen LogP contribution is -2.16. The molecule has 0 saturated heterocycles. The van der Waals surface area contributed by atoms with Crippen LogP contribution in [0.25, 0.3) is 0 Å². The van der Waals surface area contributed by atoms with Gasteiger partial charge in [0, 0.05) is 11.8 Å². The molecule has 0 N–H and O–H groups in total. The highest BCUT2D eigenvalue weighted by molar-refractivity contribution is 5.73. The fraction of sp³-hybridized carbons (Fsp3) is 0.211. The van der Waals surface area contributed by atoms with Gasteiger partial charge in [0.15, 0.2) is 6.10 Å². The lowest BCUT2D eigenvalue weighted by Gasteiger charge is -2.18. The summed E-state index contributed by atoms with van der Waals surface area (Å²) in [6, 6.07) is 15.1. The molecule has 3 rings (SSSR count). The molecule has 2 heterocycles. The Morgan fingerprint density at radius 2 is 1.88 bits per heavy atom. The highest BCUT2D eigenvalue weighted by Gasteiger charge is 2.22. The highest BCUT2D eigenvalue weighted by atomic mass is 16.5. The topological polar surface area (TPSA) is 65.2 Å². The minimum atomic E-state index is -0.541. The summed E-state index contributed by atoms with van der Waals surface area (Å²) >= 11 is 0. The maximum atomic E-state index is 12.5. The van der Waals surface area contributed by atoms with Gasteiger partial charge in [-0.25, -0.2) is 0 Å². The third-order valence-corrected chi connectivity index (χ3v) is 3.81. The zero-order valence-corrected chi connectivity index (χ0v) is 13.6. The molecule has 122 valence electrons. The zero-order valence-electron chi connectivity index (χ0n) is 13.6. The van der Waals surface area contributed by atoms with Gasteiger partial charge in [0.05, 0.1) is 17.8 Å². The minimum Gasteiger partial charge on any atom is -0.451 e. The number of aromatic nitrogens is 2. The van der Waals surface area contributed by atoms with Crippen molar-refractivity contribution >= 4 is 5.97 Å². The fourth-order valence-corrected chi connectivity index (χ4v) is 2.53. The van der Waals surface area contributed by atoms with Crippen LogP contribution in [0.2, 0.25) is 0 Å². The van der Waals surface area contributed by atoms with Gasteiger partial charge in [0.1, 0.15) is 5.76 Å². The molecule has 0 amide bonds. The van der Waals surface area contributed by atoms with Crippen molar-refractivity contribution in [2.24, 2.45) is 0 Å². The number of aryl methyl sites for hydroxylation is 2. The molecule has 0 fully saturated rings. The molecular formula is C19H18N2O3. The summed E-state index contributed by atoms with van der Waals surface area (Å²) in [5.41, 5.74) is 3.05. The van der Waals surface area contributed by atoms with E-state index in [4.69, 9.17) is 9.26 Å². The maximum absolute atomic E-state index is 12.5. The van der Waals surface area contributed by atoms with E-state index in [9.17, 15) is 4.79 Å². The first-order valence-corrected chi connectivity index (χ1v) is 7.72. The lowest BCUT2D eigenvalue weighted by molar-refractivity contribution is -0.146. The lowest BCUT2D eigenvalue weighted by atomic mass is 10.1. The molecule has 0 aliphatic heterocycles. The van der Waals surface area contributed by atoms with Crippen LogP contribution in [-0.2, 0) is 16.0 Å². The number of nitrogens with zero attached hydrogens (tertiary/aromatic N) is 2. The Bertz CT molecular complexity index is 754. The SMILES string of the molecule is Cc1noc(C)c1CC(=O)OC(c1ccccc1)c1ccccn1. The first-order chi connectivity index (χ1) is 11.6. The van der Waals surface area contributed by atoms with Crippen molar-refractivity contribution in [1.82, 2.24) is 10.1 Å². The van der Waals surface area contributed by atoms with Crippen molar-refractivity contribution in [1.29, 1.82) is 0 Å². The van der Waals surface area contributed by atoms with E-state index in [1.807, 2.05) is 55.5 Å². The van der Waals surface area contributed by atoms with Crippen LogP contribution >= 0.6 is 0 Å². The molecule has 1 atom stereocenters. The van der Waals surface area contributed by atoms with Crippen LogP contribution in [0.15, 0.2) is 59.3 Å². The monoisotopic (exact) mass is 322 g/mol. The van der Waals surface area contributed by atoms with Gasteiger partial charge in [-0.15, -0.1) is 0 Å². The van der Waals surface area contributed by atoms with Crippen molar-refractivity contribution in [3.05, 3.63) is 83.0 Å². The first-order valence-electron chi connectivity index (χ1n) is 7.72. The van der Waals surface area contributed by atoms with Crippen molar-refractivity contribution in [3.8, 4) is 0 Å². The standard InChI is InChI=1S/C19H18N2O3/c1-13-16(14(2)24-21-13)12-18(22)23-19(15-8-4-3-5-9-15)17-10-6-7-11-20-17/h3-11,19H,12H2,1-2H3. The predicted molar refractivity (Wildman–Crippen MR) is 88.3 cm³/mol. The van der Waals surface area contributed by atoms with Crippen LogP contribution < -0.4 is 0 Å². The molecule has 0 bridgehead atoms. The molecule has 2 aromatic heterocycles. The second-order valence-electron chi connectivity index (χ2n) is 5.51. The average molecular weight is 322 g/mol. The van der Waals surface area contributed by atoms with E-state index in [1.165, 1.54) is 0 Å². The highest BCUT2D eigenvalue weighted by Crippen LogP contribution is 2.25. The Morgan fingerprint density at radius 1 is 1.12 bits per heavy atom. The van der Waals surface area contributed by atoms with Crippen LogP contribution in [0, 0.1) is 13.8 Å². The minimum absolute atomic E-state index is 0.122. The van der Waals surface area contributed by atoms with Crippen molar-refractivity contribution in [3.63, 3.8) is 0 Å². The van der Waals surface area contributed by atoms with Gasteiger partial charge in [0.2, 0.25) is 0 Å². The predicted octanol–water partition coefficient (Wildman–Crippen LogP) is 3.56. The van der Waals surface area contributed by atoms with E-state index in [0.29, 0.717) is 17.1 Å². The second-order valence-corrected chi connectivity index (χ2v) is 5.51. The summed E-state index contributed by atoms with van der Waals surface area (Å²) in [6.07, 6.45) is 1.27. The molecule has 1 unspecified atom stereocenters. The summed E-state index contributed by atoms with van der Waals surface area (Å²) in [4.78, 5) is 16.8. The van der Waals surface area contributed by atoms with Crippen LogP contribution in [-0.4, -0.2) is 16.1 Å². The number of benzene rings is 1. The first kappa shape index (κ1) is 15.9. The second kappa shape index (κ2) is 7.08. The van der Waals surface area contributed by atoms with E-state index in [0.717, 1.165) is 11.1 Å². The summed E-state index contributed by atoms with van der Waals surface area (Å²) in [5, 5.41) is 3.87. The number of ether oxygens (including phenoxy) is 1. The molecule has 5 nitrogen and oxygen atoms in total. The molecule has 0 spiro atoms. The quantitative estimate of drug-likeness (QED) is 0.672. The number of carbonyl (C=O) groups excluding carboxylic acids is 1. The summed E-state index contributed by atoms with van der Waals surface area (Å²) < 4.78 is 10.8. The van der Waals surface area contributed by atoms with Gasteiger partial charge in [-0.1, -0.05) is 41.6 Å². The number of esters is 1. The van der Waals surface area contributed by atoms with E-state index in [1.54, 1.807) is 13.1 Å². The van der Waals surface area contributed by atoms with Gasteiger partial charge in [-0.05, 0) is 31.5 Å². The Kier molecular flexibility index (Phi) is 4.70. The molecule has 0 aliphatic carbocycles. The number of rotatable bonds is 5. The largest absolute Gasteiger partial charge is 0.451 e. The third kappa shape index (κ3) is 3.51. The van der Waals surface area contributed by atoms with Gasteiger partial charge < -0.3 is 9.26 Å². The van der Waals surface area contributed by atoms with E-state index in [2.05, 4.69) is 10.1 Å². The zero-order chi connectivity index (χ0) is 16.9. The molecule has 0 saturated carbocycles. The average Bonchev–Trinajstić information content (AvgIpc) is 2.93. The van der Waals surface area contributed by atoms with Crippen molar-refractivity contribution in [2.45, 2.75) is 26.4 Å². The summed E-state index contributed by atoms with van der Waals surface area (Å²) in [5.74, 6) is 0.294. The molecule has 3 aromatic rings. The van der Waals surface area contributed by atoms with Crippen molar-refractivity contribution < 1.29 is 14.1 Å². The van der Waals surface area contributed by atoms with Gasteiger partial charge >= 0.3 is 5.97 Å². The Labute approximate surface area is 140 Å². The Balaban J connectivity index is 1.83. The number of hydrogen-bond acceptors (Lipinski definition) is 5. The summed E-state index contributed by atoms with van der Waals surface area (Å²) in [7, 11) is 0. The Morgan fingerprint density at radius 3 is 2.50 bits per heavy atom. The van der Waals surface area contributed by atoms with Crippen LogP contribution in [0.4, 0.5) is 0 Å². The van der Waals surface area contributed by atoms with Crippen LogP contribution in [0.1, 0.15) is 34.4 Å². The Hall–Kier alpha value is -2.95. The van der Waals surface area contributed by atoms with Crippen LogP contribution in [0.5, 0.6) is 0 Å². The maximum Gasteiger partial charge on any atom is 0.311 e. The van der Waals surface area contributed by atoms with E-state index >= 15 is 0 Å². The normalized spacial score (nSPS) is 11.9. The molecule has 5 heteroatoms. The fourth-order valence-electron chi connectivity index (χ4n) is 2.53. The van der Waals surface area contributed by atoms with E-state index in [-0.39, 0.29) is 12.4 Å². The number of hydrogen-bond donors (Lipinski definition) is 0. The molecule has 24 heavy (non-hydrogen) atoms. The molecule has 0 aliphatic rings. The van der Waals surface area contributed by atoms with E-state index < -0.39 is 6.10 Å². The molecular weight excluding hydrogens is 304 g/mol. The third-order valence-electron chi connectivity index (χ3n) is 3.81. The smallest absolute Gasteiger partial charge is 0.311 e. The molecule has 1 aromatic carbocycles. The number of pyridine rings is 1. The van der Waals surface area contributed by atoms with Gasteiger partial charge in [0.25, 0.3) is 0 Å². The summed E-state index contributed by atoms with van der Waals surface area (Å²) in [6.45, 7) is 3.60. The van der Waals surface area contributed by atoms with Gasteiger partial charge in [-0.3, -0.25) is 9.78 Å². The van der Waals surface area contributed by atoms with Gasteiger partial charge in [-0.2, -0.15) is 0 Å².